The van der Waals surface area contributed by atoms with Crippen molar-refractivity contribution in [1.29, 1.82) is 0 Å². The predicted molar refractivity (Wildman–Crippen MR) is 241 cm³/mol. The second kappa shape index (κ2) is 36.8. The second-order valence-corrected chi connectivity index (χ2v) is 17.5. The van der Waals surface area contributed by atoms with E-state index in [9.17, 15) is 49.7 Å². The van der Waals surface area contributed by atoms with Crippen LogP contribution in [0.5, 0.6) is 0 Å². The summed E-state index contributed by atoms with van der Waals surface area (Å²) in [5.41, 5.74) is 0. The Hall–Kier alpha value is -2.49. The zero-order valence-electron chi connectivity index (χ0n) is 37.5. The number of rotatable bonds is 37. The Balaban J connectivity index is 2.51. The summed E-state index contributed by atoms with van der Waals surface area (Å²) in [5, 5.41) is 59.9. The summed E-state index contributed by atoms with van der Waals surface area (Å²) in [6.45, 7) is 3.01. The number of allylic oxidation sites excluding steroid dienone is 8. The highest BCUT2D eigenvalue weighted by molar-refractivity contribution is 7.47. The summed E-state index contributed by atoms with van der Waals surface area (Å²) in [4.78, 5) is 35.7. The number of aliphatic hydroxyl groups is 6. The quantitative estimate of drug-likeness (QED) is 0.0103. The number of phosphoric acid groups is 1. The largest absolute Gasteiger partial charge is 0.472 e. The molecular weight excluding hydrogens is 819 g/mol. The Kier molecular flexibility index (Phi) is 34.2. The minimum atomic E-state index is -5.14. The molecule has 7 N–H and O–H groups in total. The first-order chi connectivity index (χ1) is 29.8. The lowest BCUT2D eigenvalue weighted by Gasteiger charge is -2.41. The molecule has 1 saturated carbocycles. The Morgan fingerprint density at radius 2 is 1.10 bits per heavy atom. The van der Waals surface area contributed by atoms with Crippen LogP contribution in [-0.2, 0) is 32.7 Å². The Bertz CT molecular complexity index is 1330. The average Bonchev–Trinajstić information content (AvgIpc) is 3.25. The van der Waals surface area contributed by atoms with E-state index < -0.39 is 81.8 Å². The maximum atomic E-state index is 12.8. The van der Waals surface area contributed by atoms with Gasteiger partial charge in [-0.3, -0.25) is 18.6 Å². The van der Waals surface area contributed by atoms with E-state index in [4.69, 9.17) is 18.5 Å². The summed E-state index contributed by atoms with van der Waals surface area (Å²) in [6.07, 6.45) is 27.6. The molecule has 1 rings (SSSR count). The molecule has 14 nitrogen and oxygen atoms in total. The molecule has 0 bridgehead atoms. The number of phosphoric ester groups is 1. The highest BCUT2D eigenvalue weighted by Gasteiger charge is 2.51. The number of ether oxygens (including phenoxy) is 2. The van der Waals surface area contributed by atoms with Crippen molar-refractivity contribution in [3.63, 3.8) is 0 Å². The molecule has 0 radical (unpaired) electrons. The molecule has 0 spiro atoms. The summed E-state index contributed by atoms with van der Waals surface area (Å²) in [5.74, 6) is -1.19. The number of unbranched alkanes of at least 4 members (excludes halogenated alkanes) is 15. The Morgan fingerprint density at radius 3 is 1.68 bits per heavy atom. The monoisotopic (exact) mass is 901 g/mol. The number of esters is 2. The number of carbonyl (C=O) groups is 2. The normalized spacial score (nSPS) is 22.9. The van der Waals surface area contributed by atoms with Gasteiger partial charge in [-0.15, -0.1) is 0 Å². The van der Waals surface area contributed by atoms with Crippen molar-refractivity contribution in [3.05, 3.63) is 60.8 Å². The second-order valence-electron chi connectivity index (χ2n) is 16.1. The summed E-state index contributed by atoms with van der Waals surface area (Å²) >= 11 is 0. The number of hydrogen-bond donors (Lipinski definition) is 7. The molecule has 0 aromatic heterocycles. The molecule has 0 aromatic carbocycles. The van der Waals surface area contributed by atoms with Gasteiger partial charge in [-0.1, -0.05) is 164 Å². The van der Waals surface area contributed by atoms with Gasteiger partial charge in [0.1, 0.15) is 43.2 Å². The van der Waals surface area contributed by atoms with Crippen LogP contribution in [0.1, 0.15) is 162 Å². The topological polar surface area (TPSA) is 230 Å². The molecule has 1 aliphatic carbocycles. The summed E-state index contributed by atoms with van der Waals surface area (Å²) in [6, 6.07) is 0. The van der Waals surface area contributed by atoms with Gasteiger partial charge in [0.25, 0.3) is 0 Å². The number of aliphatic hydroxyl groups excluding tert-OH is 6. The van der Waals surface area contributed by atoms with Crippen molar-refractivity contribution in [1.82, 2.24) is 0 Å². The summed E-state index contributed by atoms with van der Waals surface area (Å²) < 4.78 is 33.4. The van der Waals surface area contributed by atoms with Crippen LogP contribution in [0, 0.1) is 0 Å². The van der Waals surface area contributed by atoms with Gasteiger partial charge in [0.2, 0.25) is 0 Å². The van der Waals surface area contributed by atoms with E-state index >= 15 is 0 Å². The summed E-state index contributed by atoms with van der Waals surface area (Å²) in [7, 11) is -5.14. The molecule has 9 atom stereocenters. The van der Waals surface area contributed by atoms with Gasteiger partial charge in [-0.2, -0.15) is 0 Å². The number of carbonyl (C=O) groups excluding carboxylic acids is 2. The van der Waals surface area contributed by atoms with Crippen LogP contribution in [0.15, 0.2) is 60.8 Å². The Morgan fingerprint density at radius 1 is 0.597 bits per heavy atom. The fraction of sp³-hybridized carbons (Fsp3) is 0.745. The highest BCUT2D eigenvalue weighted by Crippen LogP contribution is 2.47. The van der Waals surface area contributed by atoms with E-state index in [1.807, 2.05) is 61.6 Å². The predicted octanol–water partition coefficient (Wildman–Crippen LogP) is 7.92. The van der Waals surface area contributed by atoms with E-state index in [0.717, 1.165) is 44.9 Å². The molecule has 0 amide bonds. The van der Waals surface area contributed by atoms with Gasteiger partial charge in [-0.05, 0) is 44.9 Å². The maximum Gasteiger partial charge on any atom is 0.472 e. The molecule has 15 heteroatoms. The molecule has 0 heterocycles. The van der Waals surface area contributed by atoms with Crippen molar-refractivity contribution in [2.45, 2.75) is 210 Å². The molecule has 0 aromatic rings. The van der Waals surface area contributed by atoms with Crippen LogP contribution in [0.4, 0.5) is 0 Å². The van der Waals surface area contributed by atoms with Crippen LogP contribution < -0.4 is 0 Å². The molecular formula is C47H81O14P. The van der Waals surface area contributed by atoms with E-state index in [2.05, 4.69) is 6.92 Å². The first-order valence-electron chi connectivity index (χ1n) is 23.2. The molecule has 1 aliphatic rings. The van der Waals surface area contributed by atoms with E-state index in [1.54, 1.807) is 6.08 Å². The van der Waals surface area contributed by atoms with E-state index in [0.29, 0.717) is 25.7 Å². The van der Waals surface area contributed by atoms with Gasteiger partial charge in [-0.25, -0.2) is 4.57 Å². The van der Waals surface area contributed by atoms with E-state index in [-0.39, 0.29) is 12.8 Å². The minimum Gasteiger partial charge on any atom is -0.462 e. The van der Waals surface area contributed by atoms with Gasteiger partial charge in [0.05, 0.1) is 12.7 Å². The zero-order valence-corrected chi connectivity index (χ0v) is 38.4. The van der Waals surface area contributed by atoms with Gasteiger partial charge < -0.3 is 45.0 Å². The standard InChI is InChI=1S/C47H81O14P/c1-3-5-7-8-9-10-11-12-13-14-19-22-25-28-31-35-41(50)60-39(37-59-62(56,57)61-47-45(54)43(52)42(51)44(53)46(47)55)36-58-40(49)34-30-27-24-21-18-16-15-17-20-23-26-29-33-38(48)32-6-4-2/h6,15-16,20-21,23-24,26,29,32,38-39,42-48,51-55H,3-5,7-14,17-19,22,25,27-28,30-31,33-37H2,1-2H3,(H,56,57)/b16-15-,23-20-,24-21-,29-26+,32-6-/t38?,39-,42?,43-,44+,45-,46-,47?/m1/s1. The van der Waals surface area contributed by atoms with Crippen LogP contribution in [-0.4, -0.2) is 110 Å². The lowest BCUT2D eigenvalue weighted by atomic mass is 9.85. The van der Waals surface area contributed by atoms with Crippen LogP contribution in [0.2, 0.25) is 0 Å². The van der Waals surface area contributed by atoms with Gasteiger partial charge >= 0.3 is 19.8 Å². The lowest BCUT2D eigenvalue weighted by Crippen LogP contribution is -2.64. The van der Waals surface area contributed by atoms with Crippen molar-refractivity contribution < 1.29 is 68.2 Å². The third-order valence-corrected chi connectivity index (χ3v) is 11.4. The SMILES string of the molecule is CC/C=C\C(O)C/C=C/C=C\C/C=C\C/C=C\CCCC(=O)OC[C@H](COP(=O)(O)OC1[C@H](O)[C@H](O)C(O)[C@H](O)[C@H]1O)OC(=O)CCCCCCCCCCCCCCCCC. The van der Waals surface area contributed by atoms with Crippen molar-refractivity contribution >= 4 is 19.8 Å². The smallest absolute Gasteiger partial charge is 0.462 e. The first kappa shape index (κ1) is 57.5. The fourth-order valence-electron chi connectivity index (χ4n) is 6.70. The first-order valence-corrected chi connectivity index (χ1v) is 24.7. The van der Waals surface area contributed by atoms with Crippen molar-refractivity contribution in [3.8, 4) is 0 Å². The van der Waals surface area contributed by atoms with Crippen LogP contribution in [0.25, 0.3) is 0 Å². The fourth-order valence-corrected chi connectivity index (χ4v) is 7.67. The van der Waals surface area contributed by atoms with Crippen molar-refractivity contribution in [2.24, 2.45) is 0 Å². The van der Waals surface area contributed by atoms with E-state index in [1.165, 1.54) is 64.2 Å². The van der Waals surface area contributed by atoms with Crippen LogP contribution in [0.3, 0.4) is 0 Å². The molecule has 358 valence electrons. The third-order valence-electron chi connectivity index (χ3n) is 10.4. The maximum absolute atomic E-state index is 12.8. The molecule has 62 heavy (non-hydrogen) atoms. The highest BCUT2D eigenvalue weighted by atomic mass is 31.2. The zero-order chi connectivity index (χ0) is 45.9. The third kappa shape index (κ3) is 29.1. The minimum absolute atomic E-state index is 0.0701. The molecule has 1 fully saturated rings. The number of hydrogen-bond acceptors (Lipinski definition) is 13. The lowest BCUT2D eigenvalue weighted by molar-refractivity contribution is -0.220. The van der Waals surface area contributed by atoms with Gasteiger partial charge in [0.15, 0.2) is 6.10 Å². The molecule has 0 saturated heterocycles. The average molecular weight is 901 g/mol. The molecule has 0 aliphatic heterocycles. The van der Waals surface area contributed by atoms with Crippen molar-refractivity contribution in [2.75, 3.05) is 13.2 Å². The van der Waals surface area contributed by atoms with Gasteiger partial charge in [0, 0.05) is 12.8 Å². The van der Waals surface area contributed by atoms with Crippen LogP contribution >= 0.6 is 7.82 Å². The Labute approximate surface area is 371 Å². The molecule has 4 unspecified atom stereocenters.